The highest BCUT2D eigenvalue weighted by atomic mass is 35.5. The fraction of sp³-hybridized carbons (Fsp3) is 0.667. The second-order valence-electron chi connectivity index (χ2n) is 6.07. The maximum atomic E-state index is 12.8. The molecule has 1 saturated heterocycles. The van der Waals surface area contributed by atoms with Crippen molar-refractivity contribution in [2.45, 2.75) is 50.9 Å². The van der Waals surface area contributed by atoms with Gasteiger partial charge in [-0.15, -0.1) is 0 Å². The smallest absolute Gasteiger partial charge is 0.381 e. The van der Waals surface area contributed by atoms with Gasteiger partial charge in [0.1, 0.15) is 5.52 Å². The van der Waals surface area contributed by atoms with Crippen LogP contribution in [0, 0.1) is 0 Å². The van der Waals surface area contributed by atoms with Gasteiger partial charge < -0.3 is 4.74 Å². The van der Waals surface area contributed by atoms with Gasteiger partial charge in [-0.25, -0.2) is 9.78 Å². The van der Waals surface area contributed by atoms with E-state index in [4.69, 9.17) is 16.3 Å². The van der Waals surface area contributed by atoms with Gasteiger partial charge >= 0.3 is 11.9 Å². The maximum Gasteiger partial charge on any atom is 0.389 e. The van der Waals surface area contributed by atoms with Crippen LogP contribution in [0.5, 0.6) is 0 Å². The predicted molar refractivity (Wildman–Crippen MR) is 85.8 cm³/mol. The summed E-state index contributed by atoms with van der Waals surface area (Å²) in [4.78, 5) is 20.9. The summed E-state index contributed by atoms with van der Waals surface area (Å²) in [6.45, 7) is 1.29. The van der Waals surface area contributed by atoms with E-state index in [-0.39, 0.29) is 36.4 Å². The molecule has 2 aromatic rings. The number of fused-ring (bicyclic) bond motifs is 1. The minimum atomic E-state index is -4.18. The topological polar surface area (TPSA) is 61.9 Å². The lowest BCUT2D eigenvalue weighted by molar-refractivity contribution is -0.135. The Labute approximate surface area is 146 Å². The first-order valence-corrected chi connectivity index (χ1v) is 8.52. The Balaban J connectivity index is 1.90. The van der Waals surface area contributed by atoms with Crippen molar-refractivity contribution in [3.05, 3.63) is 22.0 Å². The van der Waals surface area contributed by atoms with Crippen molar-refractivity contribution >= 4 is 22.8 Å². The second-order valence-corrected chi connectivity index (χ2v) is 6.41. The molecule has 1 aliphatic rings. The summed E-state index contributed by atoms with van der Waals surface area (Å²) >= 11 is 5.87. The summed E-state index contributed by atoms with van der Waals surface area (Å²) in [5.41, 5.74) is 0.631. The Kier molecular flexibility index (Phi) is 5.33. The lowest BCUT2D eigenvalue weighted by Gasteiger charge is -2.22. The second kappa shape index (κ2) is 7.33. The van der Waals surface area contributed by atoms with E-state index in [1.807, 2.05) is 0 Å². The number of alkyl halides is 3. The molecule has 0 N–H and O–H groups in total. The number of hydrogen-bond acceptors (Lipinski definition) is 4. The van der Waals surface area contributed by atoms with Crippen LogP contribution in [0.15, 0.2) is 11.0 Å². The Bertz CT molecular complexity index is 796. The molecule has 0 spiro atoms. The minimum absolute atomic E-state index is 0.0301. The molecule has 2 aromatic heterocycles. The first-order valence-electron chi connectivity index (χ1n) is 8.14. The monoisotopic (exact) mass is 378 g/mol. The van der Waals surface area contributed by atoms with Crippen LogP contribution in [0.2, 0.25) is 5.28 Å². The molecule has 1 fully saturated rings. The molecule has 0 atom stereocenters. The standard InChI is InChI=1S/C15H18ClF3N4O2/c16-13-20-9-11-12(21-13)23(10-3-7-25-8-4-10)14(24)22(11)6-2-1-5-15(17,18)19/h9-10H,1-8H2. The number of rotatable bonds is 5. The minimum Gasteiger partial charge on any atom is -0.381 e. The summed E-state index contributed by atoms with van der Waals surface area (Å²) in [5.74, 6) is 0. The zero-order valence-corrected chi connectivity index (χ0v) is 14.2. The zero-order chi connectivity index (χ0) is 18.0. The van der Waals surface area contributed by atoms with E-state index in [0.717, 1.165) is 0 Å². The molecule has 0 unspecified atom stereocenters. The van der Waals surface area contributed by atoms with Gasteiger partial charge in [0, 0.05) is 32.2 Å². The maximum absolute atomic E-state index is 12.8. The fourth-order valence-corrected chi connectivity index (χ4v) is 3.25. The Morgan fingerprint density at radius 2 is 2.00 bits per heavy atom. The number of hydrogen-bond donors (Lipinski definition) is 0. The van der Waals surface area contributed by atoms with E-state index in [1.165, 1.54) is 10.8 Å². The van der Waals surface area contributed by atoms with Crippen LogP contribution in [0.3, 0.4) is 0 Å². The number of halogens is 4. The quantitative estimate of drug-likeness (QED) is 0.591. The molecule has 3 heterocycles. The average Bonchev–Trinajstić information content (AvgIpc) is 2.82. The van der Waals surface area contributed by atoms with Crippen molar-refractivity contribution in [2.24, 2.45) is 0 Å². The predicted octanol–water partition coefficient (Wildman–Crippen LogP) is 3.33. The van der Waals surface area contributed by atoms with Gasteiger partial charge in [0.05, 0.1) is 6.20 Å². The molecule has 3 rings (SSSR count). The lowest BCUT2D eigenvalue weighted by Crippen LogP contribution is -2.31. The Morgan fingerprint density at radius 1 is 1.28 bits per heavy atom. The van der Waals surface area contributed by atoms with Crippen LogP contribution in [0.4, 0.5) is 13.2 Å². The van der Waals surface area contributed by atoms with Gasteiger partial charge in [0.25, 0.3) is 0 Å². The highest BCUT2D eigenvalue weighted by molar-refractivity contribution is 6.28. The summed E-state index contributed by atoms with van der Waals surface area (Å²) in [6, 6.07) is -0.0638. The number of nitrogens with zero attached hydrogens (tertiary/aromatic N) is 4. The van der Waals surface area contributed by atoms with Crippen molar-refractivity contribution in [1.29, 1.82) is 0 Å². The van der Waals surface area contributed by atoms with Crippen molar-refractivity contribution in [3.8, 4) is 0 Å². The van der Waals surface area contributed by atoms with E-state index in [9.17, 15) is 18.0 Å². The molecule has 0 amide bonds. The molecule has 0 bridgehead atoms. The molecule has 0 radical (unpaired) electrons. The number of imidazole rings is 1. The van der Waals surface area contributed by atoms with Gasteiger partial charge in [-0.1, -0.05) is 0 Å². The Morgan fingerprint density at radius 3 is 2.68 bits per heavy atom. The molecule has 0 aromatic carbocycles. The normalized spacial score (nSPS) is 16.6. The lowest BCUT2D eigenvalue weighted by atomic mass is 10.1. The molecule has 25 heavy (non-hydrogen) atoms. The molecular formula is C15H18ClF3N4O2. The summed E-state index contributed by atoms with van der Waals surface area (Å²) in [5, 5.41) is 0.0301. The first-order chi connectivity index (χ1) is 11.9. The molecular weight excluding hydrogens is 361 g/mol. The van der Waals surface area contributed by atoms with E-state index in [0.29, 0.717) is 37.2 Å². The molecule has 10 heteroatoms. The van der Waals surface area contributed by atoms with Gasteiger partial charge in [0.15, 0.2) is 5.65 Å². The highest BCUT2D eigenvalue weighted by Crippen LogP contribution is 2.25. The Hall–Kier alpha value is -1.61. The van der Waals surface area contributed by atoms with Gasteiger partial charge in [-0.2, -0.15) is 18.2 Å². The van der Waals surface area contributed by atoms with E-state index < -0.39 is 12.6 Å². The van der Waals surface area contributed by atoms with E-state index >= 15 is 0 Å². The number of aryl methyl sites for hydroxylation is 1. The highest BCUT2D eigenvalue weighted by Gasteiger charge is 2.27. The van der Waals surface area contributed by atoms with Crippen LogP contribution in [-0.4, -0.2) is 38.5 Å². The van der Waals surface area contributed by atoms with Crippen molar-refractivity contribution < 1.29 is 17.9 Å². The number of ether oxygens (including phenoxy) is 1. The van der Waals surface area contributed by atoms with Crippen LogP contribution in [0.1, 0.15) is 38.1 Å². The van der Waals surface area contributed by atoms with E-state index in [2.05, 4.69) is 9.97 Å². The largest absolute Gasteiger partial charge is 0.389 e. The van der Waals surface area contributed by atoms with E-state index in [1.54, 1.807) is 4.57 Å². The van der Waals surface area contributed by atoms with Crippen molar-refractivity contribution in [1.82, 2.24) is 19.1 Å². The van der Waals surface area contributed by atoms with Gasteiger partial charge in [0.2, 0.25) is 5.28 Å². The molecule has 0 saturated carbocycles. The van der Waals surface area contributed by atoms with Crippen LogP contribution in [-0.2, 0) is 11.3 Å². The molecule has 0 aliphatic carbocycles. The summed E-state index contributed by atoms with van der Waals surface area (Å²) in [6.07, 6.45) is -2.03. The summed E-state index contributed by atoms with van der Waals surface area (Å²) in [7, 11) is 0. The first kappa shape index (κ1) is 18.2. The average molecular weight is 379 g/mol. The number of aromatic nitrogens is 4. The third-order valence-corrected chi connectivity index (χ3v) is 4.51. The summed E-state index contributed by atoms with van der Waals surface area (Å²) < 4.78 is 45.2. The van der Waals surface area contributed by atoms with Crippen molar-refractivity contribution in [2.75, 3.05) is 13.2 Å². The third kappa shape index (κ3) is 4.14. The molecule has 1 aliphatic heterocycles. The molecule has 6 nitrogen and oxygen atoms in total. The SMILES string of the molecule is O=c1n(CCCCC(F)(F)F)c2cnc(Cl)nc2n1C1CCOCC1. The van der Waals surface area contributed by atoms with Crippen molar-refractivity contribution in [3.63, 3.8) is 0 Å². The van der Waals surface area contributed by atoms with Crippen LogP contribution in [0.25, 0.3) is 11.2 Å². The third-order valence-electron chi connectivity index (χ3n) is 4.32. The molecule has 138 valence electrons. The van der Waals surface area contributed by atoms with Gasteiger partial charge in [-0.05, 0) is 37.3 Å². The number of unbranched alkanes of at least 4 members (excludes halogenated alkanes) is 1. The fourth-order valence-electron chi connectivity index (χ4n) is 3.12. The van der Waals surface area contributed by atoms with Crippen LogP contribution < -0.4 is 5.69 Å². The van der Waals surface area contributed by atoms with Gasteiger partial charge in [-0.3, -0.25) is 9.13 Å². The van der Waals surface area contributed by atoms with Crippen LogP contribution >= 0.6 is 11.6 Å². The zero-order valence-electron chi connectivity index (χ0n) is 13.4.